The van der Waals surface area contributed by atoms with Crippen molar-refractivity contribution in [2.24, 2.45) is 0 Å². The van der Waals surface area contributed by atoms with E-state index >= 15 is 0 Å². The summed E-state index contributed by atoms with van der Waals surface area (Å²) in [6.45, 7) is 3.88. The molecular formula is C36H25N3. The Hall–Kier alpha value is -5.28. The summed E-state index contributed by atoms with van der Waals surface area (Å²) in [5.74, 6) is 0.696. The number of aromatic nitrogens is 3. The van der Waals surface area contributed by atoms with E-state index in [9.17, 15) is 0 Å². The quantitative estimate of drug-likeness (QED) is 0.236. The standard InChI is InChI=1S/C36H25N3/c1-2-25-19-21-27(22-20-25)33-24-32(26-11-4-3-5-12-26)37-36(38-33)28-13-10-14-29(23-28)39-34-17-8-6-15-30(34)31-16-7-9-18-35(31)39/h2-24H,1H2. The molecule has 3 heteroatoms. The largest absolute Gasteiger partial charge is 0.309 e. The highest BCUT2D eigenvalue weighted by Gasteiger charge is 2.14. The van der Waals surface area contributed by atoms with E-state index in [2.05, 4.69) is 126 Å². The van der Waals surface area contributed by atoms with Crippen LogP contribution in [-0.4, -0.2) is 14.5 Å². The molecule has 0 aliphatic rings. The Morgan fingerprint density at radius 3 is 1.72 bits per heavy atom. The van der Waals surface area contributed by atoms with Crippen molar-refractivity contribution in [1.29, 1.82) is 0 Å². The molecule has 0 aliphatic carbocycles. The van der Waals surface area contributed by atoms with Gasteiger partial charge in [0.15, 0.2) is 5.82 Å². The lowest BCUT2D eigenvalue weighted by atomic mass is 10.0. The molecule has 0 unspecified atom stereocenters. The third kappa shape index (κ3) is 4.11. The van der Waals surface area contributed by atoms with Crippen molar-refractivity contribution in [2.75, 3.05) is 0 Å². The zero-order valence-corrected chi connectivity index (χ0v) is 21.3. The fraction of sp³-hybridized carbons (Fsp3) is 0. The molecule has 0 fully saturated rings. The molecule has 0 bridgehead atoms. The number of nitrogens with zero attached hydrogens (tertiary/aromatic N) is 3. The van der Waals surface area contributed by atoms with Crippen LogP contribution in [-0.2, 0) is 0 Å². The van der Waals surface area contributed by atoms with Gasteiger partial charge in [-0.1, -0.05) is 116 Å². The first-order valence-corrected chi connectivity index (χ1v) is 13.0. The maximum atomic E-state index is 5.06. The predicted molar refractivity (Wildman–Crippen MR) is 163 cm³/mol. The lowest BCUT2D eigenvalue weighted by molar-refractivity contribution is 1.16. The highest BCUT2D eigenvalue weighted by molar-refractivity contribution is 6.09. The van der Waals surface area contributed by atoms with Gasteiger partial charge in [0.1, 0.15) is 0 Å². The van der Waals surface area contributed by atoms with Gasteiger partial charge in [-0.3, -0.25) is 0 Å². The number of benzene rings is 5. The van der Waals surface area contributed by atoms with E-state index in [-0.39, 0.29) is 0 Å². The predicted octanol–water partition coefficient (Wildman–Crippen LogP) is 9.22. The average Bonchev–Trinajstić information content (AvgIpc) is 3.36. The second-order valence-corrected chi connectivity index (χ2v) is 9.57. The Morgan fingerprint density at radius 1 is 0.513 bits per heavy atom. The molecule has 0 aliphatic heterocycles. The van der Waals surface area contributed by atoms with Crippen LogP contribution in [0.15, 0.2) is 140 Å². The van der Waals surface area contributed by atoms with E-state index in [4.69, 9.17) is 9.97 Å². The summed E-state index contributed by atoms with van der Waals surface area (Å²) in [5, 5.41) is 2.48. The minimum Gasteiger partial charge on any atom is -0.309 e. The van der Waals surface area contributed by atoms with Gasteiger partial charge in [0.2, 0.25) is 0 Å². The van der Waals surface area contributed by atoms with Crippen molar-refractivity contribution in [3.8, 4) is 39.6 Å². The normalized spacial score (nSPS) is 11.2. The number of fused-ring (bicyclic) bond motifs is 3. The van der Waals surface area contributed by atoms with Gasteiger partial charge < -0.3 is 4.57 Å². The first kappa shape index (κ1) is 22.9. The van der Waals surface area contributed by atoms with Crippen molar-refractivity contribution in [1.82, 2.24) is 14.5 Å². The first-order valence-electron chi connectivity index (χ1n) is 13.0. The molecule has 0 amide bonds. The van der Waals surface area contributed by atoms with E-state index < -0.39 is 0 Å². The van der Waals surface area contributed by atoms with E-state index in [1.807, 2.05) is 24.3 Å². The third-order valence-electron chi connectivity index (χ3n) is 7.18. The Balaban J connectivity index is 1.42. The van der Waals surface area contributed by atoms with Gasteiger partial charge in [-0.25, -0.2) is 9.97 Å². The van der Waals surface area contributed by atoms with E-state index in [1.165, 1.54) is 21.8 Å². The van der Waals surface area contributed by atoms with Crippen LogP contribution in [0.5, 0.6) is 0 Å². The van der Waals surface area contributed by atoms with Crippen LogP contribution in [0, 0.1) is 0 Å². The van der Waals surface area contributed by atoms with Gasteiger partial charge in [-0.05, 0) is 35.9 Å². The number of rotatable bonds is 5. The zero-order chi connectivity index (χ0) is 26.2. The summed E-state index contributed by atoms with van der Waals surface area (Å²) in [7, 11) is 0. The average molecular weight is 500 g/mol. The molecule has 39 heavy (non-hydrogen) atoms. The summed E-state index contributed by atoms with van der Waals surface area (Å²) < 4.78 is 2.32. The van der Waals surface area contributed by atoms with E-state index in [0.29, 0.717) is 5.82 Å². The molecule has 2 heterocycles. The maximum Gasteiger partial charge on any atom is 0.160 e. The van der Waals surface area contributed by atoms with Gasteiger partial charge in [0.05, 0.1) is 22.4 Å². The summed E-state index contributed by atoms with van der Waals surface area (Å²) in [4.78, 5) is 10.1. The van der Waals surface area contributed by atoms with Crippen molar-refractivity contribution < 1.29 is 0 Å². The molecule has 5 aromatic carbocycles. The molecular weight excluding hydrogens is 474 g/mol. The Morgan fingerprint density at radius 2 is 1.08 bits per heavy atom. The monoisotopic (exact) mass is 499 g/mol. The lowest BCUT2D eigenvalue weighted by Gasteiger charge is -2.12. The molecule has 7 aromatic rings. The summed E-state index contributed by atoms with van der Waals surface area (Å²) >= 11 is 0. The summed E-state index contributed by atoms with van der Waals surface area (Å²) in [5.41, 5.74) is 9.36. The molecule has 3 nitrogen and oxygen atoms in total. The van der Waals surface area contributed by atoms with Crippen LogP contribution in [0.1, 0.15) is 5.56 Å². The minimum absolute atomic E-state index is 0.696. The third-order valence-corrected chi connectivity index (χ3v) is 7.18. The maximum absolute atomic E-state index is 5.06. The van der Waals surface area contributed by atoms with Gasteiger partial charge >= 0.3 is 0 Å². The van der Waals surface area contributed by atoms with Crippen molar-refractivity contribution in [3.63, 3.8) is 0 Å². The van der Waals surface area contributed by atoms with Crippen LogP contribution in [0.3, 0.4) is 0 Å². The summed E-state index contributed by atoms with van der Waals surface area (Å²) in [6, 6.07) is 46.3. The molecule has 0 saturated carbocycles. The zero-order valence-electron chi connectivity index (χ0n) is 21.3. The Kier molecular flexibility index (Phi) is 5.60. The number of hydrogen-bond donors (Lipinski definition) is 0. The minimum atomic E-state index is 0.696. The van der Waals surface area contributed by atoms with Crippen LogP contribution in [0.4, 0.5) is 0 Å². The van der Waals surface area contributed by atoms with Crippen LogP contribution in [0.2, 0.25) is 0 Å². The smallest absolute Gasteiger partial charge is 0.160 e. The fourth-order valence-corrected chi connectivity index (χ4v) is 5.26. The number of hydrogen-bond acceptors (Lipinski definition) is 2. The number of para-hydroxylation sites is 2. The van der Waals surface area contributed by atoms with Gasteiger partial charge in [-0.15, -0.1) is 0 Å². The molecule has 0 N–H and O–H groups in total. The molecule has 184 valence electrons. The summed E-state index contributed by atoms with van der Waals surface area (Å²) in [6.07, 6.45) is 1.85. The van der Waals surface area contributed by atoms with Crippen molar-refractivity contribution >= 4 is 27.9 Å². The van der Waals surface area contributed by atoms with Crippen molar-refractivity contribution in [2.45, 2.75) is 0 Å². The Labute approximate surface area is 227 Å². The fourth-order valence-electron chi connectivity index (χ4n) is 5.26. The Bertz CT molecular complexity index is 1910. The van der Waals surface area contributed by atoms with Gasteiger partial charge in [-0.2, -0.15) is 0 Å². The second kappa shape index (κ2) is 9.55. The highest BCUT2D eigenvalue weighted by atomic mass is 15.0. The molecule has 7 rings (SSSR count). The molecule has 0 atom stereocenters. The molecule has 0 saturated heterocycles. The second-order valence-electron chi connectivity index (χ2n) is 9.57. The van der Waals surface area contributed by atoms with E-state index in [1.54, 1.807) is 0 Å². The SMILES string of the molecule is C=Cc1ccc(-c2cc(-c3ccccc3)nc(-c3cccc(-n4c5ccccc5c5ccccc54)c3)n2)cc1. The van der Waals surface area contributed by atoms with Crippen LogP contribution in [0.25, 0.3) is 67.5 Å². The topological polar surface area (TPSA) is 30.7 Å². The molecule has 2 aromatic heterocycles. The highest BCUT2D eigenvalue weighted by Crippen LogP contribution is 2.33. The van der Waals surface area contributed by atoms with Gasteiger partial charge in [0, 0.05) is 33.2 Å². The van der Waals surface area contributed by atoms with Crippen LogP contribution >= 0.6 is 0 Å². The molecule has 0 radical (unpaired) electrons. The van der Waals surface area contributed by atoms with Crippen molar-refractivity contribution in [3.05, 3.63) is 146 Å². The van der Waals surface area contributed by atoms with E-state index in [0.717, 1.165) is 39.3 Å². The lowest BCUT2D eigenvalue weighted by Crippen LogP contribution is -1.98. The first-order chi connectivity index (χ1) is 19.3. The van der Waals surface area contributed by atoms with Gasteiger partial charge in [0.25, 0.3) is 0 Å². The van der Waals surface area contributed by atoms with Crippen LogP contribution < -0.4 is 0 Å². The molecule has 0 spiro atoms.